The number of aliphatic carboxylic acids is 1. The molecule has 2 aliphatic heterocycles. The zero-order valence-corrected chi connectivity index (χ0v) is 16.8. The highest BCUT2D eigenvalue weighted by molar-refractivity contribution is 8.00. The molecule has 1 aromatic rings. The van der Waals surface area contributed by atoms with Crippen LogP contribution < -0.4 is 5.73 Å². The number of aromatic hydroxyl groups is 1. The van der Waals surface area contributed by atoms with E-state index in [0.29, 0.717) is 5.75 Å². The van der Waals surface area contributed by atoms with Crippen molar-refractivity contribution in [1.82, 2.24) is 4.90 Å². The topological polar surface area (TPSA) is 121 Å². The molecule has 4 N–H and O–H groups in total. The summed E-state index contributed by atoms with van der Waals surface area (Å²) in [4.78, 5) is 35.1. The van der Waals surface area contributed by atoms with Gasteiger partial charge < -0.3 is 15.9 Å². The molecule has 7 nitrogen and oxygen atoms in total. The first-order valence-corrected chi connectivity index (χ1v) is 9.82. The number of carbonyl (C=O) groups excluding carboxylic acids is 2. The van der Waals surface area contributed by atoms with Gasteiger partial charge in [-0.2, -0.15) is 0 Å². The Morgan fingerprint density at radius 1 is 1.32 bits per heavy atom. The number of allylic oxidation sites excluding steroid dienone is 2. The van der Waals surface area contributed by atoms with Crippen molar-refractivity contribution in [2.24, 2.45) is 11.7 Å². The summed E-state index contributed by atoms with van der Waals surface area (Å²) in [6, 6.07) is 5.73. The fraction of sp³-hybridized carbons (Fsp3) is 0.350. The quantitative estimate of drug-likeness (QED) is 0.659. The third-order valence-electron chi connectivity index (χ3n) is 4.52. The Balaban J connectivity index is 0.000000209. The van der Waals surface area contributed by atoms with Crippen LogP contribution in [-0.4, -0.2) is 43.9 Å². The molecule has 3 atom stereocenters. The summed E-state index contributed by atoms with van der Waals surface area (Å²) in [5.74, 6) is -0.415. The maximum Gasteiger partial charge on any atom is 0.352 e. The first kappa shape index (κ1) is 21.7. The molecule has 1 saturated heterocycles. The number of fused-ring (bicyclic) bond motifs is 1. The van der Waals surface area contributed by atoms with Crippen LogP contribution in [0.15, 0.2) is 47.7 Å². The highest BCUT2D eigenvalue weighted by Gasteiger charge is 2.50. The molecular formula is C20H24N2O5S. The number of phenolic OH excluding ortho intramolecular Hbond substituents is 1. The number of amides is 1. The number of thioether (sulfide) groups is 1. The summed E-state index contributed by atoms with van der Waals surface area (Å²) >= 11 is 1.63. The largest absolute Gasteiger partial charge is 0.508 e. The van der Waals surface area contributed by atoms with E-state index in [2.05, 4.69) is 0 Å². The van der Waals surface area contributed by atoms with Crippen LogP contribution in [0.4, 0.5) is 0 Å². The van der Waals surface area contributed by atoms with Crippen LogP contribution in [0.25, 0.3) is 0 Å². The van der Waals surface area contributed by atoms with Gasteiger partial charge in [-0.05, 0) is 37.1 Å². The van der Waals surface area contributed by atoms with Crippen LogP contribution in [0.2, 0.25) is 0 Å². The normalized spacial score (nSPS) is 22.1. The lowest BCUT2D eigenvalue weighted by atomic mass is 9.97. The summed E-state index contributed by atoms with van der Waals surface area (Å²) in [5.41, 5.74) is 7.16. The van der Waals surface area contributed by atoms with Crippen molar-refractivity contribution in [3.63, 3.8) is 0 Å². The summed E-state index contributed by atoms with van der Waals surface area (Å²) in [6.07, 6.45) is 3.57. The standard InChI is InChI=1S/C11H13NO3S.C9H11NO2/c1-3-4-7-5-16-10-6(2)9(13)12(10)8(7)11(14)15;1-6(11)9(10)7-2-4-8(12)5-3-7/h3-4,6,10H,5H2,1-2H3,(H,14,15);2-5,9,12H,10H2,1H3/b4-3+;/t6-,10+;9-/m10/s1. The van der Waals surface area contributed by atoms with Crippen LogP contribution in [0, 0.1) is 5.92 Å². The summed E-state index contributed by atoms with van der Waals surface area (Å²) in [7, 11) is 0. The number of phenols is 1. The fourth-order valence-electron chi connectivity index (χ4n) is 2.95. The smallest absolute Gasteiger partial charge is 0.352 e. The van der Waals surface area contributed by atoms with Crippen molar-refractivity contribution in [2.45, 2.75) is 32.2 Å². The number of nitrogens with zero attached hydrogens (tertiary/aromatic N) is 1. The molecule has 8 heteroatoms. The fourth-order valence-corrected chi connectivity index (χ4v) is 4.29. The van der Waals surface area contributed by atoms with E-state index in [9.17, 15) is 14.4 Å². The van der Waals surface area contributed by atoms with Gasteiger partial charge in [0.1, 0.15) is 11.4 Å². The maximum atomic E-state index is 11.7. The van der Waals surface area contributed by atoms with E-state index in [-0.39, 0.29) is 34.4 Å². The van der Waals surface area contributed by atoms with Gasteiger partial charge in [-0.3, -0.25) is 14.5 Å². The van der Waals surface area contributed by atoms with E-state index in [4.69, 9.17) is 15.9 Å². The maximum absolute atomic E-state index is 11.7. The van der Waals surface area contributed by atoms with Gasteiger partial charge >= 0.3 is 5.97 Å². The molecule has 0 aliphatic carbocycles. The second-order valence-electron chi connectivity index (χ2n) is 6.56. The van der Waals surface area contributed by atoms with Crippen LogP contribution in [0.5, 0.6) is 5.75 Å². The van der Waals surface area contributed by atoms with Crippen molar-refractivity contribution in [1.29, 1.82) is 0 Å². The zero-order chi connectivity index (χ0) is 21.0. The average Bonchev–Trinajstić information content (AvgIpc) is 2.67. The molecule has 1 aromatic carbocycles. The van der Waals surface area contributed by atoms with Crippen molar-refractivity contribution in [3.8, 4) is 5.75 Å². The highest BCUT2D eigenvalue weighted by atomic mass is 32.2. The number of rotatable bonds is 4. The Morgan fingerprint density at radius 3 is 2.43 bits per heavy atom. The van der Waals surface area contributed by atoms with Crippen molar-refractivity contribution in [3.05, 3.63) is 53.3 Å². The van der Waals surface area contributed by atoms with Crippen molar-refractivity contribution < 1.29 is 24.6 Å². The van der Waals surface area contributed by atoms with E-state index >= 15 is 0 Å². The molecule has 28 heavy (non-hydrogen) atoms. The van der Waals surface area contributed by atoms with Gasteiger partial charge in [0.05, 0.1) is 17.3 Å². The number of benzene rings is 1. The number of β-lactam (4-membered cyclic amide) rings is 1. The molecular weight excluding hydrogens is 380 g/mol. The Labute approximate surface area is 167 Å². The highest BCUT2D eigenvalue weighted by Crippen LogP contribution is 2.43. The third-order valence-corrected chi connectivity index (χ3v) is 5.96. The second kappa shape index (κ2) is 9.07. The van der Waals surface area contributed by atoms with Gasteiger partial charge in [-0.15, -0.1) is 11.8 Å². The lowest BCUT2D eigenvalue weighted by Gasteiger charge is -2.48. The van der Waals surface area contributed by atoms with Crippen LogP contribution in [0.1, 0.15) is 32.4 Å². The first-order valence-electron chi connectivity index (χ1n) is 8.77. The van der Waals surface area contributed by atoms with Crippen LogP contribution in [0.3, 0.4) is 0 Å². The molecule has 2 heterocycles. The minimum Gasteiger partial charge on any atom is -0.508 e. The molecule has 0 unspecified atom stereocenters. The van der Waals surface area contributed by atoms with Gasteiger partial charge in [-0.25, -0.2) is 4.79 Å². The van der Waals surface area contributed by atoms with Gasteiger partial charge in [0, 0.05) is 5.75 Å². The number of Topliss-reactive ketones (excluding diaryl/α,β-unsaturated/α-hetero) is 1. The predicted octanol–water partition coefficient (Wildman–Crippen LogP) is 2.43. The summed E-state index contributed by atoms with van der Waals surface area (Å²) in [6.45, 7) is 5.12. The molecule has 1 fully saturated rings. The first-order chi connectivity index (χ1) is 13.2. The Hall–Kier alpha value is -2.58. The molecule has 0 saturated carbocycles. The number of carbonyl (C=O) groups is 3. The Bertz CT molecular complexity index is 832. The van der Waals surface area contributed by atoms with Crippen molar-refractivity contribution in [2.75, 3.05) is 5.75 Å². The van der Waals surface area contributed by atoms with E-state index in [0.717, 1.165) is 11.1 Å². The summed E-state index contributed by atoms with van der Waals surface area (Å²) < 4.78 is 0. The molecule has 150 valence electrons. The Morgan fingerprint density at radius 2 is 1.93 bits per heavy atom. The average molecular weight is 404 g/mol. The number of carboxylic acid groups (broad SMARTS) is 1. The molecule has 0 bridgehead atoms. The third kappa shape index (κ3) is 4.45. The van der Waals surface area contributed by atoms with E-state index in [1.807, 2.05) is 13.8 Å². The van der Waals surface area contributed by atoms with Crippen LogP contribution >= 0.6 is 11.8 Å². The van der Waals surface area contributed by atoms with E-state index in [1.165, 1.54) is 24.0 Å². The van der Waals surface area contributed by atoms with Gasteiger partial charge in [-0.1, -0.05) is 31.2 Å². The molecule has 3 rings (SSSR count). The molecule has 2 aliphatic rings. The lowest BCUT2D eigenvalue weighted by Crippen LogP contribution is -2.60. The number of hydrogen-bond donors (Lipinski definition) is 3. The van der Waals surface area contributed by atoms with Crippen LogP contribution in [-0.2, 0) is 14.4 Å². The number of nitrogens with two attached hydrogens (primary N) is 1. The van der Waals surface area contributed by atoms with Gasteiger partial charge in [0.15, 0.2) is 5.78 Å². The number of ketones is 1. The summed E-state index contributed by atoms with van der Waals surface area (Å²) in [5, 5.41) is 18.1. The molecule has 1 amide bonds. The molecule has 0 radical (unpaired) electrons. The van der Waals surface area contributed by atoms with E-state index in [1.54, 1.807) is 36.0 Å². The molecule has 0 spiro atoms. The lowest BCUT2D eigenvalue weighted by molar-refractivity contribution is -0.151. The monoisotopic (exact) mass is 404 g/mol. The number of hydrogen-bond acceptors (Lipinski definition) is 6. The minimum atomic E-state index is -1.02. The Kier molecular flexibility index (Phi) is 7.04. The second-order valence-corrected chi connectivity index (χ2v) is 7.66. The zero-order valence-electron chi connectivity index (χ0n) is 16.0. The SMILES string of the molecule is C/C=C/C1=C(C(=O)O)N2C(=O)[C@@H](C)[C@@H]2SC1.CC(=O)[C@H](N)c1ccc(O)cc1. The number of carboxylic acids is 1. The van der Waals surface area contributed by atoms with Gasteiger partial charge in [0.25, 0.3) is 0 Å². The minimum absolute atomic E-state index is 0.00704. The van der Waals surface area contributed by atoms with E-state index < -0.39 is 12.0 Å². The predicted molar refractivity (Wildman–Crippen MR) is 107 cm³/mol. The van der Waals surface area contributed by atoms with Gasteiger partial charge in [0.2, 0.25) is 5.91 Å². The molecule has 0 aromatic heterocycles. The van der Waals surface area contributed by atoms with Crippen molar-refractivity contribution >= 4 is 29.4 Å².